The zero-order valence-corrected chi connectivity index (χ0v) is 22.3. The van der Waals surface area contributed by atoms with E-state index in [1.54, 1.807) is 7.11 Å². The lowest BCUT2D eigenvalue weighted by atomic mass is 10.1. The molecule has 2 aromatic carbocycles. The number of fused-ring (bicyclic) bond motifs is 2. The largest absolute Gasteiger partial charge is 0.493 e. The SMILES string of the molecule is COc1cc2c(NC3CCSCC3)nc(-n3ccc4ccccc43)nc2cc1OCCCN1CCCC1. The second kappa shape index (κ2) is 11.2. The van der Waals surface area contributed by atoms with Gasteiger partial charge in [-0.2, -0.15) is 16.7 Å². The van der Waals surface area contributed by atoms with Crippen LogP contribution in [0.2, 0.25) is 0 Å². The number of thioether (sulfide) groups is 1. The van der Waals surface area contributed by atoms with E-state index in [0.29, 0.717) is 18.6 Å². The monoisotopic (exact) mass is 517 g/mol. The van der Waals surface area contributed by atoms with Gasteiger partial charge < -0.3 is 19.7 Å². The summed E-state index contributed by atoms with van der Waals surface area (Å²) in [5.74, 6) is 5.32. The summed E-state index contributed by atoms with van der Waals surface area (Å²) >= 11 is 2.02. The third kappa shape index (κ3) is 5.36. The van der Waals surface area contributed by atoms with Crippen molar-refractivity contribution in [2.75, 3.05) is 50.2 Å². The number of nitrogens with zero attached hydrogens (tertiary/aromatic N) is 4. The average Bonchev–Trinajstić information content (AvgIpc) is 3.61. The summed E-state index contributed by atoms with van der Waals surface area (Å²) in [5.41, 5.74) is 1.94. The van der Waals surface area contributed by atoms with Gasteiger partial charge in [-0.3, -0.25) is 4.57 Å². The first kappa shape index (κ1) is 24.4. The predicted molar refractivity (Wildman–Crippen MR) is 153 cm³/mol. The molecular weight excluding hydrogens is 482 g/mol. The van der Waals surface area contributed by atoms with E-state index >= 15 is 0 Å². The van der Waals surface area contributed by atoms with E-state index in [0.717, 1.165) is 59.5 Å². The zero-order valence-electron chi connectivity index (χ0n) is 21.5. The van der Waals surface area contributed by atoms with Gasteiger partial charge in [0.15, 0.2) is 11.5 Å². The van der Waals surface area contributed by atoms with Crippen LogP contribution in [0.15, 0.2) is 48.7 Å². The van der Waals surface area contributed by atoms with E-state index in [-0.39, 0.29) is 0 Å². The van der Waals surface area contributed by atoms with Crippen molar-refractivity contribution in [2.45, 2.75) is 38.1 Å². The Morgan fingerprint density at radius 1 is 1.03 bits per heavy atom. The molecule has 6 rings (SSSR count). The van der Waals surface area contributed by atoms with Gasteiger partial charge in [-0.05, 0) is 74.9 Å². The van der Waals surface area contributed by atoms with Crippen molar-refractivity contribution in [3.8, 4) is 17.4 Å². The number of ether oxygens (including phenoxy) is 2. The van der Waals surface area contributed by atoms with Crippen LogP contribution in [0, 0.1) is 0 Å². The Kier molecular flexibility index (Phi) is 7.37. The Hall–Kier alpha value is -2.97. The number of anilines is 1. The molecule has 2 saturated heterocycles. The highest BCUT2D eigenvalue weighted by Crippen LogP contribution is 2.36. The topological polar surface area (TPSA) is 64.4 Å². The van der Waals surface area contributed by atoms with Gasteiger partial charge in [0.1, 0.15) is 5.82 Å². The summed E-state index contributed by atoms with van der Waals surface area (Å²) in [4.78, 5) is 12.6. The summed E-state index contributed by atoms with van der Waals surface area (Å²) in [6, 6.07) is 14.9. The number of likely N-dealkylation sites (tertiary alicyclic amines) is 1. The van der Waals surface area contributed by atoms with E-state index < -0.39 is 0 Å². The Balaban J connectivity index is 1.35. The molecule has 0 atom stereocenters. The van der Waals surface area contributed by atoms with Crippen LogP contribution in [-0.2, 0) is 0 Å². The smallest absolute Gasteiger partial charge is 0.236 e. The number of hydrogen-bond donors (Lipinski definition) is 1. The lowest BCUT2D eigenvalue weighted by Gasteiger charge is -2.24. The minimum Gasteiger partial charge on any atom is -0.493 e. The summed E-state index contributed by atoms with van der Waals surface area (Å²) in [6.45, 7) is 4.16. The number of aromatic nitrogens is 3. The first-order chi connectivity index (χ1) is 18.3. The van der Waals surface area contributed by atoms with Gasteiger partial charge >= 0.3 is 0 Å². The lowest BCUT2D eigenvalue weighted by Crippen LogP contribution is -2.25. The fourth-order valence-electron chi connectivity index (χ4n) is 5.38. The normalized spacial score (nSPS) is 17.0. The lowest BCUT2D eigenvalue weighted by molar-refractivity contribution is 0.254. The molecule has 0 aliphatic carbocycles. The van der Waals surface area contributed by atoms with Gasteiger partial charge in [0.2, 0.25) is 5.95 Å². The number of rotatable bonds is 9. The molecule has 2 fully saturated rings. The van der Waals surface area contributed by atoms with Crippen LogP contribution in [0.5, 0.6) is 11.5 Å². The number of nitrogens with one attached hydrogen (secondary N) is 1. The van der Waals surface area contributed by atoms with Crippen LogP contribution in [-0.4, -0.2) is 70.3 Å². The first-order valence-corrected chi connectivity index (χ1v) is 14.6. The number of para-hydroxylation sites is 1. The van der Waals surface area contributed by atoms with Gasteiger partial charge in [-0.1, -0.05) is 18.2 Å². The van der Waals surface area contributed by atoms with E-state index in [9.17, 15) is 0 Å². The van der Waals surface area contributed by atoms with Gasteiger partial charge in [0.25, 0.3) is 0 Å². The molecule has 1 N–H and O–H groups in total. The molecule has 8 heteroatoms. The fourth-order valence-corrected chi connectivity index (χ4v) is 6.49. The number of benzene rings is 2. The van der Waals surface area contributed by atoms with E-state index in [2.05, 4.69) is 45.1 Å². The van der Waals surface area contributed by atoms with Crippen LogP contribution >= 0.6 is 11.8 Å². The van der Waals surface area contributed by atoms with Crippen molar-refractivity contribution in [3.63, 3.8) is 0 Å². The molecular formula is C29H35N5O2S. The molecule has 0 spiro atoms. The van der Waals surface area contributed by atoms with Crippen LogP contribution in [0.4, 0.5) is 5.82 Å². The Morgan fingerprint density at radius 3 is 2.70 bits per heavy atom. The molecule has 0 bridgehead atoms. The minimum absolute atomic E-state index is 0.404. The quantitative estimate of drug-likeness (QED) is 0.283. The fraction of sp³-hybridized carbons (Fsp3) is 0.448. The third-order valence-corrected chi connectivity index (χ3v) is 8.47. The minimum atomic E-state index is 0.404. The van der Waals surface area contributed by atoms with Crippen LogP contribution in [0.3, 0.4) is 0 Å². The molecule has 0 saturated carbocycles. The van der Waals surface area contributed by atoms with Crippen LogP contribution < -0.4 is 14.8 Å². The van der Waals surface area contributed by atoms with E-state index in [1.807, 2.05) is 30.1 Å². The molecule has 2 aromatic heterocycles. The highest BCUT2D eigenvalue weighted by molar-refractivity contribution is 7.99. The second-order valence-corrected chi connectivity index (χ2v) is 11.1. The maximum Gasteiger partial charge on any atom is 0.236 e. The predicted octanol–water partition coefficient (Wildman–Crippen LogP) is 5.75. The highest BCUT2D eigenvalue weighted by Gasteiger charge is 2.20. The zero-order chi connectivity index (χ0) is 25.0. The van der Waals surface area contributed by atoms with Gasteiger partial charge in [0, 0.05) is 35.6 Å². The van der Waals surface area contributed by atoms with Gasteiger partial charge in [-0.25, -0.2) is 4.98 Å². The van der Waals surface area contributed by atoms with E-state index in [1.165, 1.54) is 42.8 Å². The Labute approximate surface area is 222 Å². The maximum absolute atomic E-state index is 6.24. The summed E-state index contributed by atoms with van der Waals surface area (Å²) < 4.78 is 14.1. The maximum atomic E-state index is 6.24. The van der Waals surface area contributed by atoms with Gasteiger partial charge in [-0.15, -0.1) is 0 Å². The number of methoxy groups -OCH3 is 1. The summed E-state index contributed by atoms with van der Waals surface area (Å²) in [7, 11) is 1.70. The van der Waals surface area contributed by atoms with Crippen LogP contribution in [0.1, 0.15) is 32.1 Å². The molecule has 2 aliphatic heterocycles. The molecule has 4 heterocycles. The molecule has 7 nitrogen and oxygen atoms in total. The standard InChI is InChI=1S/C29H35N5O2S/c1-35-26-19-23-24(20-27(26)36-16-6-14-33-12-4-5-13-33)31-29(32-28(23)30-22-10-17-37-18-11-22)34-15-9-21-7-2-3-8-25(21)34/h2-3,7-9,15,19-20,22H,4-6,10-14,16-18H2,1H3,(H,30,31,32). The van der Waals surface area contributed by atoms with Crippen molar-refractivity contribution in [3.05, 3.63) is 48.7 Å². The van der Waals surface area contributed by atoms with Crippen molar-refractivity contribution < 1.29 is 9.47 Å². The third-order valence-electron chi connectivity index (χ3n) is 7.42. The highest BCUT2D eigenvalue weighted by atomic mass is 32.2. The number of hydrogen-bond acceptors (Lipinski definition) is 7. The Bertz CT molecular complexity index is 1360. The van der Waals surface area contributed by atoms with Crippen molar-refractivity contribution in [1.29, 1.82) is 0 Å². The first-order valence-electron chi connectivity index (χ1n) is 13.4. The Morgan fingerprint density at radius 2 is 1.86 bits per heavy atom. The molecule has 4 aromatic rings. The molecule has 0 amide bonds. The molecule has 2 aliphatic rings. The van der Waals surface area contributed by atoms with E-state index in [4.69, 9.17) is 19.4 Å². The molecule has 37 heavy (non-hydrogen) atoms. The van der Waals surface area contributed by atoms with Crippen molar-refractivity contribution in [1.82, 2.24) is 19.4 Å². The summed E-state index contributed by atoms with van der Waals surface area (Å²) in [5, 5.41) is 5.88. The second-order valence-electron chi connectivity index (χ2n) is 9.92. The average molecular weight is 518 g/mol. The van der Waals surface area contributed by atoms with Crippen molar-refractivity contribution >= 4 is 39.4 Å². The molecule has 0 unspecified atom stereocenters. The van der Waals surface area contributed by atoms with Crippen molar-refractivity contribution in [2.24, 2.45) is 0 Å². The summed E-state index contributed by atoms with van der Waals surface area (Å²) in [6.07, 6.45) is 7.94. The molecule has 0 radical (unpaired) electrons. The molecule has 194 valence electrons. The van der Waals surface area contributed by atoms with Gasteiger partial charge in [0.05, 0.1) is 24.8 Å². The van der Waals surface area contributed by atoms with Crippen LogP contribution in [0.25, 0.3) is 27.8 Å².